The van der Waals surface area contributed by atoms with Crippen LogP contribution < -0.4 is 5.32 Å². The van der Waals surface area contributed by atoms with Gasteiger partial charge in [-0.25, -0.2) is 0 Å². The molecule has 1 N–H and O–H groups in total. The van der Waals surface area contributed by atoms with Crippen molar-refractivity contribution in [2.45, 2.75) is 26.4 Å². The molecule has 0 aromatic heterocycles. The highest BCUT2D eigenvalue weighted by molar-refractivity contribution is 5.22. The summed E-state index contributed by atoms with van der Waals surface area (Å²) in [5.41, 5.74) is 4.08. The standard InChI is InChI=1S/C16H19N/c1-2-14-8-10-16(11-9-14)13-17-12-15-6-4-3-5-7-15/h3-11,17H,2,12-13H2,1H3. The third-order valence-electron chi connectivity index (χ3n) is 2.93. The number of nitrogens with one attached hydrogen (secondary N) is 1. The molecular formula is C16H19N. The molecule has 0 aliphatic rings. The molecule has 0 amide bonds. The zero-order valence-electron chi connectivity index (χ0n) is 10.3. The Labute approximate surface area is 103 Å². The van der Waals surface area contributed by atoms with Crippen LogP contribution in [0.4, 0.5) is 0 Å². The Kier molecular flexibility index (Phi) is 4.34. The van der Waals surface area contributed by atoms with Crippen LogP contribution in [-0.2, 0) is 19.5 Å². The van der Waals surface area contributed by atoms with Gasteiger partial charge in [-0.3, -0.25) is 0 Å². The number of benzene rings is 2. The van der Waals surface area contributed by atoms with E-state index in [4.69, 9.17) is 0 Å². The molecule has 0 aliphatic heterocycles. The van der Waals surface area contributed by atoms with Crippen molar-refractivity contribution in [3.63, 3.8) is 0 Å². The molecule has 0 fully saturated rings. The molecule has 0 saturated carbocycles. The SMILES string of the molecule is CCc1ccc(CNCc2ccccc2)cc1. The summed E-state index contributed by atoms with van der Waals surface area (Å²) < 4.78 is 0. The Bertz CT molecular complexity index is 431. The molecule has 0 aliphatic carbocycles. The molecule has 17 heavy (non-hydrogen) atoms. The fraction of sp³-hybridized carbons (Fsp3) is 0.250. The third kappa shape index (κ3) is 3.72. The van der Waals surface area contributed by atoms with E-state index in [0.29, 0.717) is 0 Å². The molecule has 0 spiro atoms. The lowest BCUT2D eigenvalue weighted by atomic mass is 10.1. The average molecular weight is 225 g/mol. The van der Waals surface area contributed by atoms with E-state index in [-0.39, 0.29) is 0 Å². The van der Waals surface area contributed by atoms with Gasteiger partial charge in [0, 0.05) is 13.1 Å². The van der Waals surface area contributed by atoms with Crippen LogP contribution in [0.2, 0.25) is 0 Å². The maximum atomic E-state index is 3.46. The fourth-order valence-corrected chi connectivity index (χ4v) is 1.84. The summed E-state index contributed by atoms with van der Waals surface area (Å²) >= 11 is 0. The highest BCUT2D eigenvalue weighted by Gasteiger charge is 1.94. The van der Waals surface area contributed by atoms with Gasteiger partial charge >= 0.3 is 0 Å². The minimum atomic E-state index is 0.927. The van der Waals surface area contributed by atoms with Crippen LogP contribution in [0.5, 0.6) is 0 Å². The zero-order chi connectivity index (χ0) is 11.9. The van der Waals surface area contributed by atoms with Crippen LogP contribution in [0.1, 0.15) is 23.6 Å². The van der Waals surface area contributed by atoms with Crippen LogP contribution in [-0.4, -0.2) is 0 Å². The van der Waals surface area contributed by atoms with Crippen LogP contribution in [0.3, 0.4) is 0 Å². The summed E-state index contributed by atoms with van der Waals surface area (Å²) in [4.78, 5) is 0. The fourth-order valence-electron chi connectivity index (χ4n) is 1.84. The monoisotopic (exact) mass is 225 g/mol. The van der Waals surface area contributed by atoms with Gasteiger partial charge in [-0.15, -0.1) is 0 Å². The van der Waals surface area contributed by atoms with Crippen molar-refractivity contribution in [3.05, 3.63) is 71.3 Å². The number of hydrogen-bond acceptors (Lipinski definition) is 1. The molecule has 0 atom stereocenters. The van der Waals surface area contributed by atoms with Crippen molar-refractivity contribution in [3.8, 4) is 0 Å². The van der Waals surface area contributed by atoms with Gasteiger partial charge in [0.2, 0.25) is 0 Å². The molecular weight excluding hydrogens is 206 g/mol. The highest BCUT2D eigenvalue weighted by atomic mass is 14.8. The summed E-state index contributed by atoms with van der Waals surface area (Å²) in [6.07, 6.45) is 1.11. The smallest absolute Gasteiger partial charge is 0.0208 e. The predicted molar refractivity (Wildman–Crippen MR) is 72.8 cm³/mol. The molecule has 2 aromatic carbocycles. The van der Waals surface area contributed by atoms with Crippen LogP contribution >= 0.6 is 0 Å². The zero-order valence-corrected chi connectivity index (χ0v) is 10.3. The van der Waals surface area contributed by atoms with E-state index in [2.05, 4.69) is 60.8 Å². The minimum Gasteiger partial charge on any atom is -0.309 e. The quantitative estimate of drug-likeness (QED) is 0.820. The second-order valence-electron chi connectivity index (χ2n) is 4.26. The summed E-state index contributed by atoms with van der Waals surface area (Å²) in [5.74, 6) is 0. The second-order valence-corrected chi connectivity index (χ2v) is 4.26. The van der Waals surface area contributed by atoms with E-state index in [0.717, 1.165) is 19.5 Å². The Morgan fingerprint density at radius 2 is 1.24 bits per heavy atom. The topological polar surface area (TPSA) is 12.0 Å². The first-order valence-electron chi connectivity index (χ1n) is 6.21. The lowest BCUT2D eigenvalue weighted by Gasteiger charge is -2.05. The Morgan fingerprint density at radius 3 is 1.82 bits per heavy atom. The Morgan fingerprint density at radius 1 is 0.706 bits per heavy atom. The second kappa shape index (κ2) is 6.21. The van der Waals surface area contributed by atoms with E-state index in [9.17, 15) is 0 Å². The number of hydrogen-bond donors (Lipinski definition) is 1. The average Bonchev–Trinajstić information content (AvgIpc) is 2.41. The lowest BCUT2D eigenvalue weighted by molar-refractivity contribution is 0.693. The minimum absolute atomic E-state index is 0.927. The van der Waals surface area contributed by atoms with Crippen molar-refractivity contribution in [1.29, 1.82) is 0 Å². The maximum absolute atomic E-state index is 3.46. The van der Waals surface area contributed by atoms with Crippen molar-refractivity contribution >= 4 is 0 Å². The van der Waals surface area contributed by atoms with Gasteiger partial charge < -0.3 is 5.32 Å². The predicted octanol–water partition coefficient (Wildman–Crippen LogP) is 3.54. The molecule has 0 heterocycles. The van der Waals surface area contributed by atoms with E-state index >= 15 is 0 Å². The first kappa shape index (κ1) is 11.9. The van der Waals surface area contributed by atoms with Gasteiger partial charge in [0.25, 0.3) is 0 Å². The van der Waals surface area contributed by atoms with Gasteiger partial charge in [-0.05, 0) is 23.1 Å². The molecule has 2 rings (SSSR count). The van der Waals surface area contributed by atoms with E-state index in [1.54, 1.807) is 0 Å². The van der Waals surface area contributed by atoms with Crippen molar-refractivity contribution < 1.29 is 0 Å². The maximum Gasteiger partial charge on any atom is 0.0208 e. The van der Waals surface area contributed by atoms with Gasteiger partial charge in [0.1, 0.15) is 0 Å². The number of rotatable bonds is 5. The lowest BCUT2D eigenvalue weighted by Crippen LogP contribution is -2.12. The molecule has 2 aromatic rings. The Hall–Kier alpha value is -1.60. The van der Waals surface area contributed by atoms with Crippen LogP contribution in [0.15, 0.2) is 54.6 Å². The van der Waals surface area contributed by atoms with Crippen LogP contribution in [0.25, 0.3) is 0 Å². The molecule has 1 nitrogen and oxygen atoms in total. The summed E-state index contributed by atoms with van der Waals surface area (Å²) in [6, 6.07) is 19.3. The molecule has 0 saturated heterocycles. The van der Waals surface area contributed by atoms with Crippen molar-refractivity contribution in [1.82, 2.24) is 5.32 Å². The Balaban J connectivity index is 1.82. The summed E-state index contributed by atoms with van der Waals surface area (Å²) in [5, 5.41) is 3.46. The first-order chi connectivity index (χ1) is 8.38. The van der Waals surface area contributed by atoms with Gasteiger partial charge in [0.05, 0.1) is 0 Å². The van der Waals surface area contributed by atoms with Gasteiger partial charge in [0.15, 0.2) is 0 Å². The first-order valence-corrected chi connectivity index (χ1v) is 6.21. The van der Waals surface area contributed by atoms with Crippen molar-refractivity contribution in [2.24, 2.45) is 0 Å². The van der Waals surface area contributed by atoms with Crippen molar-refractivity contribution in [2.75, 3.05) is 0 Å². The van der Waals surface area contributed by atoms with E-state index in [1.807, 2.05) is 6.07 Å². The molecule has 88 valence electrons. The third-order valence-corrected chi connectivity index (χ3v) is 2.93. The van der Waals surface area contributed by atoms with Gasteiger partial charge in [-0.1, -0.05) is 61.5 Å². The number of aryl methyl sites for hydroxylation is 1. The molecule has 0 bridgehead atoms. The summed E-state index contributed by atoms with van der Waals surface area (Å²) in [7, 11) is 0. The molecule has 0 radical (unpaired) electrons. The van der Waals surface area contributed by atoms with Gasteiger partial charge in [-0.2, -0.15) is 0 Å². The summed E-state index contributed by atoms with van der Waals surface area (Å²) in [6.45, 7) is 4.04. The van der Waals surface area contributed by atoms with E-state index in [1.165, 1.54) is 16.7 Å². The molecule has 1 heteroatoms. The normalized spacial score (nSPS) is 10.4. The van der Waals surface area contributed by atoms with E-state index < -0.39 is 0 Å². The molecule has 0 unspecified atom stereocenters. The highest BCUT2D eigenvalue weighted by Crippen LogP contribution is 2.05. The van der Waals surface area contributed by atoms with Crippen LogP contribution in [0, 0.1) is 0 Å². The largest absolute Gasteiger partial charge is 0.309 e.